The van der Waals surface area contributed by atoms with E-state index in [1.165, 1.54) is 0 Å². The van der Waals surface area contributed by atoms with Crippen molar-refractivity contribution in [2.75, 3.05) is 0 Å². The number of benzene rings is 1. The number of hydrogen-bond donors (Lipinski definition) is 1. The van der Waals surface area contributed by atoms with E-state index >= 15 is 0 Å². The maximum Gasteiger partial charge on any atom is 0.140 e. The average Bonchev–Trinajstić information content (AvgIpc) is 2.01. The van der Waals surface area contributed by atoms with E-state index in [1.807, 2.05) is 6.07 Å². The van der Waals surface area contributed by atoms with Crippen LogP contribution in [0.5, 0.6) is 0 Å². The highest BCUT2D eigenvalue weighted by Gasteiger charge is 2.05. The molecule has 1 rings (SSSR count). The summed E-state index contributed by atoms with van der Waals surface area (Å²) < 4.78 is 13.6. The SMILES string of the molecule is Cc1c(CN)ccc(Br)c1F. The van der Waals surface area contributed by atoms with Crippen LogP contribution in [0.4, 0.5) is 4.39 Å². The molecule has 0 aromatic heterocycles. The number of hydrogen-bond acceptors (Lipinski definition) is 1. The summed E-state index contributed by atoms with van der Waals surface area (Å²) in [6.45, 7) is 2.11. The van der Waals surface area contributed by atoms with Gasteiger partial charge in [0.15, 0.2) is 0 Å². The van der Waals surface area contributed by atoms with Gasteiger partial charge >= 0.3 is 0 Å². The molecule has 1 aromatic carbocycles. The maximum atomic E-state index is 13.1. The first-order chi connectivity index (χ1) is 5.16. The molecule has 11 heavy (non-hydrogen) atoms. The third kappa shape index (κ3) is 1.60. The van der Waals surface area contributed by atoms with Crippen LogP contribution in [-0.4, -0.2) is 0 Å². The lowest BCUT2D eigenvalue weighted by atomic mass is 10.1. The maximum absolute atomic E-state index is 13.1. The molecule has 2 N–H and O–H groups in total. The van der Waals surface area contributed by atoms with Gasteiger partial charge in [0, 0.05) is 6.54 Å². The summed E-state index contributed by atoms with van der Waals surface area (Å²) in [5.41, 5.74) is 6.87. The van der Waals surface area contributed by atoms with Crippen molar-refractivity contribution in [1.82, 2.24) is 0 Å². The highest BCUT2D eigenvalue weighted by molar-refractivity contribution is 9.10. The van der Waals surface area contributed by atoms with Gasteiger partial charge in [-0.3, -0.25) is 0 Å². The van der Waals surface area contributed by atoms with E-state index in [2.05, 4.69) is 15.9 Å². The Morgan fingerprint density at radius 3 is 2.73 bits per heavy atom. The second kappa shape index (κ2) is 3.32. The molecule has 0 aliphatic heterocycles. The molecule has 3 heteroatoms. The van der Waals surface area contributed by atoms with Crippen LogP contribution in [0.25, 0.3) is 0 Å². The molecule has 0 saturated carbocycles. The van der Waals surface area contributed by atoms with Gasteiger partial charge in [-0.25, -0.2) is 4.39 Å². The topological polar surface area (TPSA) is 26.0 Å². The van der Waals surface area contributed by atoms with Crippen LogP contribution < -0.4 is 5.73 Å². The van der Waals surface area contributed by atoms with Crippen molar-refractivity contribution in [3.63, 3.8) is 0 Å². The fourth-order valence-corrected chi connectivity index (χ4v) is 1.34. The van der Waals surface area contributed by atoms with Crippen LogP contribution in [0.15, 0.2) is 16.6 Å². The van der Waals surface area contributed by atoms with Gasteiger partial charge in [-0.1, -0.05) is 6.07 Å². The molecule has 0 saturated heterocycles. The standard InChI is InChI=1S/C8H9BrFN/c1-5-6(4-11)2-3-7(9)8(5)10/h2-3H,4,11H2,1H3. The van der Waals surface area contributed by atoms with Crippen LogP contribution >= 0.6 is 15.9 Å². The first-order valence-electron chi connectivity index (χ1n) is 3.30. The zero-order valence-corrected chi connectivity index (χ0v) is 7.78. The summed E-state index contributed by atoms with van der Waals surface area (Å²) in [5, 5.41) is 0. The van der Waals surface area contributed by atoms with Crippen molar-refractivity contribution < 1.29 is 4.39 Å². The fourth-order valence-electron chi connectivity index (χ4n) is 0.913. The van der Waals surface area contributed by atoms with Crippen LogP contribution in [0.1, 0.15) is 11.1 Å². The molecule has 0 spiro atoms. The largest absolute Gasteiger partial charge is 0.326 e. The molecule has 0 heterocycles. The summed E-state index contributed by atoms with van der Waals surface area (Å²) in [6, 6.07) is 3.49. The van der Waals surface area contributed by atoms with E-state index in [1.54, 1.807) is 13.0 Å². The molecule has 0 amide bonds. The van der Waals surface area contributed by atoms with E-state index in [0.717, 1.165) is 5.56 Å². The summed E-state index contributed by atoms with van der Waals surface area (Å²) >= 11 is 3.09. The van der Waals surface area contributed by atoms with E-state index in [-0.39, 0.29) is 5.82 Å². The molecule has 0 aliphatic carbocycles. The second-order valence-corrected chi connectivity index (χ2v) is 3.20. The van der Waals surface area contributed by atoms with E-state index in [9.17, 15) is 4.39 Å². The first kappa shape index (κ1) is 8.68. The van der Waals surface area contributed by atoms with E-state index < -0.39 is 0 Å². The lowest BCUT2D eigenvalue weighted by Crippen LogP contribution is -2.00. The second-order valence-electron chi connectivity index (χ2n) is 2.35. The fraction of sp³-hybridized carbons (Fsp3) is 0.250. The molecule has 0 aliphatic rings. The molecule has 60 valence electrons. The van der Waals surface area contributed by atoms with Crippen molar-refractivity contribution in [3.8, 4) is 0 Å². The van der Waals surface area contributed by atoms with E-state index in [0.29, 0.717) is 16.6 Å². The number of nitrogens with two attached hydrogens (primary N) is 1. The molecule has 0 bridgehead atoms. The van der Waals surface area contributed by atoms with Crippen LogP contribution in [0, 0.1) is 12.7 Å². The smallest absolute Gasteiger partial charge is 0.140 e. The summed E-state index contributed by atoms with van der Waals surface area (Å²) in [7, 11) is 0. The highest BCUT2D eigenvalue weighted by atomic mass is 79.9. The first-order valence-corrected chi connectivity index (χ1v) is 4.09. The Labute approximate surface area is 73.5 Å². The van der Waals surface area contributed by atoms with Crippen molar-refractivity contribution in [3.05, 3.63) is 33.5 Å². The molecule has 0 radical (unpaired) electrons. The lowest BCUT2D eigenvalue weighted by Gasteiger charge is -2.04. The number of halogens is 2. The Morgan fingerprint density at radius 1 is 1.55 bits per heavy atom. The molecule has 0 unspecified atom stereocenters. The minimum Gasteiger partial charge on any atom is -0.326 e. The predicted molar refractivity (Wildman–Crippen MR) is 46.7 cm³/mol. The normalized spacial score (nSPS) is 10.2. The van der Waals surface area contributed by atoms with Crippen molar-refractivity contribution >= 4 is 15.9 Å². The third-order valence-electron chi connectivity index (χ3n) is 1.67. The summed E-state index contributed by atoms with van der Waals surface area (Å²) in [4.78, 5) is 0. The Hall–Kier alpha value is -0.410. The zero-order chi connectivity index (χ0) is 8.43. The van der Waals surface area contributed by atoms with Crippen LogP contribution in [0.3, 0.4) is 0 Å². The highest BCUT2D eigenvalue weighted by Crippen LogP contribution is 2.20. The summed E-state index contributed by atoms with van der Waals surface area (Å²) in [5.74, 6) is -0.215. The Kier molecular flexibility index (Phi) is 2.62. The van der Waals surface area contributed by atoms with Gasteiger partial charge in [0.1, 0.15) is 5.82 Å². The summed E-state index contributed by atoms with van der Waals surface area (Å²) in [6.07, 6.45) is 0. The van der Waals surface area contributed by atoms with Gasteiger partial charge < -0.3 is 5.73 Å². The molecule has 0 fully saturated rings. The lowest BCUT2D eigenvalue weighted by molar-refractivity contribution is 0.608. The Balaban J connectivity index is 3.25. The van der Waals surface area contributed by atoms with Crippen LogP contribution in [-0.2, 0) is 6.54 Å². The Bertz CT molecular complexity index is 273. The van der Waals surface area contributed by atoms with Crippen molar-refractivity contribution in [2.45, 2.75) is 13.5 Å². The monoisotopic (exact) mass is 217 g/mol. The molecule has 1 aromatic rings. The van der Waals surface area contributed by atoms with Crippen LogP contribution in [0.2, 0.25) is 0 Å². The third-order valence-corrected chi connectivity index (χ3v) is 2.28. The van der Waals surface area contributed by atoms with Gasteiger partial charge in [0.25, 0.3) is 0 Å². The van der Waals surface area contributed by atoms with Crippen molar-refractivity contribution in [2.24, 2.45) is 5.73 Å². The number of rotatable bonds is 1. The van der Waals surface area contributed by atoms with E-state index in [4.69, 9.17) is 5.73 Å². The Morgan fingerprint density at radius 2 is 2.18 bits per heavy atom. The van der Waals surface area contributed by atoms with Gasteiger partial charge in [-0.15, -0.1) is 0 Å². The zero-order valence-electron chi connectivity index (χ0n) is 6.20. The quantitative estimate of drug-likeness (QED) is 0.769. The van der Waals surface area contributed by atoms with Gasteiger partial charge in [-0.2, -0.15) is 0 Å². The average molecular weight is 218 g/mol. The molecular formula is C8H9BrFN. The van der Waals surface area contributed by atoms with Gasteiger partial charge in [-0.05, 0) is 40.0 Å². The van der Waals surface area contributed by atoms with Gasteiger partial charge in [0.2, 0.25) is 0 Å². The minimum absolute atomic E-state index is 0.215. The predicted octanol–water partition coefficient (Wildman–Crippen LogP) is 2.36. The molecular weight excluding hydrogens is 209 g/mol. The molecule has 0 atom stereocenters. The molecule has 1 nitrogen and oxygen atoms in total. The van der Waals surface area contributed by atoms with Crippen molar-refractivity contribution in [1.29, 1.82) is 0 Å². The minimum atomic E-state index is -0.215. The van der Waals surface area contributed by atoms with Gasteiger partial charge in [0.05, 0.1) is 4.47 Å².